The van der Waals surface area contributed by atoms with E-state index in [4.69, 9.17) is 11.6 Å². The maximum Gasteiger partial charge on any atom is 0.196 e. The molecule has 0 amide bonds. The van der Waals surface area contributed by atoms with E-state index in [-0.39, 0.29) is 5.78 Å². The molecule has 27 heavy (non-hydrogen) atoms. The fraction of sp³-hybridized carbons (Fsp3) is 0.0435. The van der Waals surface area contributed by atoms with Crippen LogP contribution < -0.4 is 0 Å². The van der Waals surface area contributed by atoms with Crippen LogP contribution in [-0.2, 0) is 0 Å². The number of carbonyl (C=O) groups excluding carboxylic acids is 1. The highest BCUT2D eigenvalue weighted by molar-refractivity contribution is 6.34. The van der Waals surface area contributed by atoms with Crippen LogP contribution in [0.25, 0.3) is 22.7 Å². The number of carbonyl (C=O) groups is 1. The summed E-state index contributed by atoms with van der Waals surface area (Å²) in [5, 5.41) is 0.528. The van der Waals surface area contributed by atoms with Crippen molar-refractivity contribution >= 4 is 40.1 Å². The summed E-state index contributed by atoms with van der Waals surface area (Å²) < 4.78 is 0. The molecule has 0 saturated carbocycles. The summed E-state index contributed by atoms with van der Waals surface area (Å²) in [6.45, 7) is 2.02. The molecule has 0 bridgehead atoms. The molecule has 1 heterocycles. The monoisotopic (exact) mass is 372 g/mol. The van der Waals surface area contributed by atoms with Gasteiger partial charge in [0.1, 0.15) is 5.82 Å². The number of fused-ring (bicyclic) bond motifs is 1. The fourth-order valence-corrected chi connectivity index (χ4v) is 3.22. The Labute approximate surface area is 162 Å². The molecule has 4 rings (SSSR count). The average molecular weight is 373 g/mol. The van der Waals surface area contributed by atoms with Crippen LogP contribution in [0.4, 0.5) is 0 Å². The molecule has 0 fully saturated rings. The highest BCUT2D eigenvalue weighted by Crippen LogP contribution is 2.25. The lowest BCUT2D eigenvalue weighted by Crippen LogP contribution is -2.04. The van der Waals surface area contributed by atoms with Crippen molar-refractivity contribution in [1.29, 1.82) is 0 Å². The van der Waals surface area contributed by atoms with Crippen LogP contribution in [0.3, 0.4) is 0 Å². The number of hydrogen-bond acceptors (Lipinski definition) is 2. The van der Waals surface area contributed by atoms with Gasteiger partial charge in [-0.2, -0.15) is 0 Å². The molecule has 0 unspecified atom stereocenters. The first-order valence-electron chi connectivity index (χ1n) is 8.64. The number of nitrogens with one attached hydrogen (secondary N) is 1. The third-order valence-electron chi connectivity index (χ3n) is 4.33. The minimum Gasteiger partial charge on any atom is -0.338 e. The summed E-state index contributed by atoms with van der Waals surface area (Å²) in [7, 11) is 0. The lowest BCUT2D eigenvalue weighted by atomic mass is 10.00. The Hall–Kier alpha value is -3.17. The van der Waals surface area contributed by atoms with Gasteiger partial charge in [-0.1, -0.05) is 65.7 Å². The van der Waals surface area contributed by atoms with Crippen molar-refractivity contribution in [2.24, 2.45) is 0 Å². The van der Waals surface area contributed by atoms with Gasteiger partial charge in [0, 0.05) is 10.6 Å². The smallest absolute Gasteiger partial charge is 0.196 e. The van der Waals surface area contributed by atoms with Crippen LogP contribution in [0.5, 0.6) is 0 Å². The second-order valence-corrected chi connectivity index (χ2v) is 6.85. The van der Waals surface area contributed by atoms with Crippen molar-refractivity contribution in [1.82, 2.24) is 9.97 Å². The zero-order valence-electron chi connectivity index (χ0n) is 14.7. The molecule has 0 aliphatic carbocycles. The summed E-state index contributed by atoms with van der Waals surface area (Å²) in [4.78, 5) is 21.2. The van der Waals surface area contributed by atoms with Crippen molar-refractivity contribution in [2.45, 2.75) is 6.92 Å². The molecule has 4 heteroatoms. The first-order valence-corrected chi connectivity index (χ1v) is 9.02. The van der Waals surface area contributed by atoms with E-state index in [1.807, 2.05) is 61.5 Å². The summed E-state index contributed by atoms with van der Waals surface area (Å²) in [6.07, 6.45) is 1.87. The molecule has 0 atom stereocenters. The Morgan fingerprint density at radius 3 is 2.59 bits per heavy atom. The molecular weight excluding hydrogens is 356 g/mol. The molecule has 0 aliphatic heterocycles. The number of allylic oxidation sites excluding steroid dienone is 1. The molecule has 0 spiro atoms. The van der Waals surface area contributed by atoms with Crippen molar-refractivity contribution in [3.05, 3.63) is 100 Å². The zero-order valence-corrected chi connectivity index (χ0v) is 15.5. The number of nitrogens with zero attached hydrogens (tertiary/aromatic N) is 1. The lowest BCUT2D eigenvalue weighted by molar-refractivity contribution is 0.105. The van der Waals surface area contributed by atoms with E-state index in [1.165, 1.54) is 0 Å². The second kappa shape index (κ2) is 7.22. The van der Waals surface area contributed by atoms with Gasteiger partial charge in [-0.3, -0.25) is 4.79 Å². The van der Waals surface area contributed by atoms with Crippen molar-refractivity contribution < 1.29 is 4.79 Å². The number of halogens is 1. The average Bonchev–Trinajstić information content (AvgIpc) is 3.09. The topological polar surface area (TPSA) is 45.8 Å². The molecule has 4 aromatic rings. The standard InChI is InChI=1S/C23H17ClN2O/c1-15-6-4-7-16(12-15)13-19(22(27)17-8-5-9-18(24)14-17)23-25-20-10-2-3-11-21(20)26-23/h2-14H,1H3,(H,25,26)/b19-13-. The number of hydrogen-bond donors (Lipinski definition) is 1. The van der Waals surface area contributed by atoms with Gasteiger partial charge >= 0.3 is 0 Å². The number of ketones is 1. The molecule has 0 saturated heterocycles. The van der Waals surface area contributed by atoms with Gasteiger partial charge in [-0.05, 0) is 42.8 Å². The molecule has 0 radical (unpaired) electrons. The molecular formula is C23H17ClN2O. The summed E-state index contributed by atoms with van der Waals surface area (Å²) in [5.41, 5.74) is 4.81. The summed E-state index contributed by atoms with van der Waals surface area (Å²) in [5.74, 6) is 0.417. The molecule has 132 valence electrons. The summed E-state index contributed by atoms with van der Waals surface area (Å²) >= 11 is 6.09. The number of H-pyrrole nitrogens is 1. The van der Waals surface area contributed by atoms with Crippen molar-refractivity contribution in [3.63, 3.8) is 0 Å². The number of aromatic amines is 1. The highest BCUT2D eigenvalue weighted by Gasteiger charge is 2.18. The number of aryl methyl sites for hydroxylation is 1. The van der Waals surface area contributed by atoms with Gasteiger partial charge in [-0.25, -0.2) is 4.98 Å². The third-order valence-corrected chi connectivity index (χ3v) is 4.56. The van der Waals surface area contributed by atoms with Crippen molar-refractivity contribution in [3.8, 4) is 0 Å². The Balaban J connectivity index is 1.87. The second-order valence-electron chi connectivity index (χ2n) is 6.41. The fourth-order valence-electron chi connectivity index (χ4n) is 3.03. The minimum absolute atomic E-state index is 0.127. The van der Waals surface area contributed by atoms with E-state index >= 15 is 0 Å². The molecule has 1 aromatic heterocycles. The van der Waals surface area contributed by atoms with Gasteiger partial charge in [-0.15, -0.1) is 0 Å². The first-order chi connectivity index (χ1) is 13.1. The quantitative estimate of drug-likeness (QED) is 0.355. The van der Waals surface area contributed by atoms with Crippen LogP contribution in [-0.4, -0.2) is 15.8 Å². The van der Waals surface area contributed by atoms with Gasteiger partial charge in [0.05, 0.1) is 16.6 Å². The molecule has 3 nitrogen and oxygen atoms in total. The number of Topliss-reactive ketones (excluding diaryl/α,β-unsaturated/α-hetero) is 1. The predicted molar refractivity (Wildman–Crippen MR) is 111 cm³/mol. The summed E-state index contributed by atoms with van der Waals surface area (Å²) in [6, 6.07) is 22.7. The minimum atomic E-state index is -0.127. The highest BCUT2D eigenvalue weighted by atomic mass is 35.5. The van der Waals surface area contributed by atoms with E-state index < -0.39 is 0 Å². The van der Waals surface area contributed by atoms with Crippen molar-refractivity contribution in [2.75, 3.05) is 0 Å². The molecule has 0 aliphatic rings. The van der Waals surface area contributed by atoms with Crippen LogP contribution in [0, 0.1) is 6.92 Å². The van der Waals surface area contributed by atoms with Crippen LogP contribution in [0.15, 0.2) is 72.8 Å². The Morgan fingerprint density at radius 1 is 1.00 bits per heavy atom. The Bertz CT molecular complexity index is 1140. The zero-order chi connectivity index (χ0) is 18.8. The number of aromatic nitrogens is 2. The van der Waals surface area contributed by atoms with Crippen LogP contribution in [0.2, 0.25) is 5.02 Å². The molecule has 3 aromatic carbocycles. The van der Waals surface area contributed by atoms with Crippen LogP contribution in [0.1, 0.15) is 27.3 Å². The third kappa shape index (κ3) is 3.69. The first kappa shape index (κ1) is 17.3. The molecule has 1 N–H and O–H groups in total. The van der Waals surface area contributed by atoms with Gasteiger partial charge in [0.2, 0.25) is 0 Å². The number of imidazole rings is 1. The van der Waals surface area contributed by atoms with Crippen LogP contribution >= 0.6 is 11.6 Å². The van der Waals surface area contributed by atoms with Gasteiger partial charge in [0.25, 0.3) is 0 Å². The van der Waals surface area contributed by atoms with E-state index in [1.54, 1.807) is 24.3 Å². The Kier molecular flexibility index (Phi) is 4.61. The van der Waals surface area contributed by atoms with E-state index in [0.717, 1.165) is 22.2 Å². The van der Waals surface area contributed by atoms with Gasteiger partial charge < -0.3 is 4.98 Å². The normalized spacial score (nSPS) is 11.7. The lowest BCUT2D eigenvalue weighted by Gasteiger charge is -2.06. The maximum absolute atomic E-state index is 13.3. The maximum atomic E-state index is 13.3. The van der Waals surface area contributed by atoms with E-state index in [2.05, 4.69) is 9.97 Å². The van der Waals surface area contributed by atoms with Gasteiger partial charge in [0.15, 0.2) is 5.78 Å². The largest absolute Gasteiger partial charge is 0.338 e. The SMILES string of the molecule is Cc1cccc(/C=C(/C(=O)c2cccc(Cl)c2)c2nc3ccccc3[nH]2)c1. The number of benzene rings is 3. The number of para-hydroxylation sites is 2. The van der Waals surface area contributed by atoms with E-state index in [9.17, 15) is 4.79 Å². The Morgan fingerprint density at radius 2 is 1.81 bits per heavy atom. The van der Waals surface area contributed by atoms with E-state index in [0.29, 0.717) is 22.0 Å². The predicted octanol–water partition coefficient (Wildman–Crippen LogP) is 5.95. The number of rotatable bonds is 4.